The van der Waals surface area contributed by atoms with Crippen LogP contribution in [0.25, 0.3) is 11.3 Å². The number of carbonyl (C=O) groups is 1. The zero-order valence-corrected chi connectivity index (χ0v) is 19.2. The molecule has 0 atom stereocenters. The Labute approximate surface area is 200 Å². The molecule has 0 unspecified atom stereocenters. The summed E-state index contributed by atoms with van der Waals surface area (Å²) in [4.78, 5) is 16.8. The molecule has 0 bridgehead atoms. The third kappa shape index (κ3) is 4.30. The second-order valence-corrected chi connectivity index (χ2v) is 9.93. The molecule has 3 aromatic heterocycles. The van der Waals surface area contributed by atoms with E-state index in [1.54, 1.807) is 71.5 Å². The summed E-state index contributed by atoms with van der Waals surface area (Å²) in [7, 11) is -3.75. The van der Waals surface area contributed by atoms with E-state index in [1.165, 1.54) is 29.2 Å². The molecule has 34 heavy (non-hydrogen) atoms. The monoisotopic (exact) mass is 491 g/mol. The first kappa shape index (κ1) is 21.9. The number of benzene rings is 2. The lowest BCUT2D eigenvalue weighted by molar-refractivity contribution is 0.0950. The second-order valence-electron chi connectivity index (χ2n) is 7.54. The maximum Gasteiger partial charge on any atom is 0.253 e. The van der Waals surface area contributed by atoms with E-state index in [9.17, 15) is 13.2 Å². The summed E-state index contributed by atoms with van der Waals surface area (Å²) >= 11 is 6.01. The quantitative estimate of drug-likeness (QED) is 0.388. The van der Waals surface area contributed by atoms with Crippen molar-refractivity contribution in [2.24, 2.45) is 0 Å². The number of aromatic nitrogens is 4. The molecule has 10 heteroatoms. The smallest absolute Gasteiger partial charge is 0.253 e. The molecule has 3 heterocycles. The molecule has 1 amide bonds. The molecular formula is C24H18ClN5O3S. The number of hydrogen-bond acceptors (Lipinski definition) is 5. The molecule has 170 valence electrons. The van der Waals surface area contributed by atoms with Gasteiger partial charge in [0.15, 0.2) is 0 Å². The summed E-state index contributed by atoms with van der Waals surface area (Å²) in [5.74, 6) is -0.235. The number of nitrogens with one attached hydrogen (secondary N) is 1. The van der Waals surface area contributed by atoms with Crippen molar-refractivity contribution in [3.63, 3.8) is 0 Å². The fraction of sp³-hybridized carbons (Fsp3) is 0.0417. The number of hydrogen-bond donors (Lipinski definition) is 1. The topological polar surface area (TPSA) is 98.4 Å². The Kier molecular flexibility index (Phi) is 5.64. The lowest BCUT2D eigenvalue weighted by Crippen LogP contribution is -2.23. The molecule has 8 nitrogen and oxygen atoms in total. The van der Waals surface area contributed by atoms with Crippen molar-refractivity contribution in [3.05, 3.63) is 108 Å². The van der Waals surface area contributed by atoms with E-state index in [2.05, 4.69) is 15.4 Å². The average Bonchev–Trinajstić information content (AvgIpc) is 3.52. The van der Waals surface area contributed by atoms with E-state index >= 15 is 0 Å². The standard InChI is InChI=1S/C24H18ClN5O3S/c25-19-2-1-3-20(12-19)30-16-22(14-28-30)34(32,33)21-7-4-17(5-8-21)13-27-24(31)18-6-9-23-26-10-11-29(23)15-18/h1-12,14-16H,13H2,(H,27,31). The third-order valence-electron chi connectivity index (χ3n) is 5.28. The molecule has 0 radical (unpaired) electrons. The van der Waals surface area contributed by atoms with Crippen LogP contribution < -0.4 is 5.32 Å². The van der Waals surface area contributed by atoms with E-state index in [1.807, 2.05) is 0 Å². The highest BCUT2D eigenvalue weighted by Gasteiger charge is 2.20. The van der Waals surface area contributed by atoms with Crippen LogP contribution in [0.2, 0.25) is 5.02 Å². The highest BCUT2D eigenvalue weighted by Crippen LogP contribution is 2.22. The van der Waals surface area contributed by atoms with Crippen molar-refractivity contribution in [2.75, 3.05) is 0 Å². The van der Waals surface area contributed by atoms with Crippen LogP contribution in [-0.2, 0) is 16.4 Å². The van der Waals surface area contributed by atoms with Gasteiger partial charge in [0.2, 0.25) is 9.84 Å². The van der Waals surface area contributed by atoms with Crippen molar-refractivity contribution < 1.29 is 13.2 Å². The van der Waals surface area contributed by atoms with Crippen LogP contribution in [0.15, 0.2) is 101 Å². The number of halogens is 1. The lowest BCUT2D eigenvalue weighted by Gasteiger charge is -2.07. The summed E-state index contributed by atoms with van der Waals surface area (Å²) in [5, 5.41) is 7.53. The number of sulfone groups is 1. The van der Waals surface area contributed by atoms with Crippen molar-refractivity contribution in [1.29, 1.82) is 0 Å². The Balaban J connectivity index is 1.28. The Morgan fingerprint density at radius 2 is 1.82 bits per heavy atom. The van der Waals surface area contributed by atoms with Crippen molar-refractivity contribution in [2.45, 2.75) is 16.3 Å². The molecule has 0 spiro atoms. The minimum atomic E-state index is -3.75. The largest absolute Gasteiger partial charge is 0.348 e. The molecule has 0 saturated carbocycles. The molecule has 0 fully saturated rings. The minimum Gasteiger partial charge on any atom is -0.348 e. The van der Waals surface area contributed by atoms with Gasteiger partial charge in [-0.15, -0.1) is 0 Å². The van der Waals surface area contributed by atoms with Gasteiger partial charge < -0.3 is 9.72 Å². The molecule has 2 aromatic carbocycles. The minimum absolute atomic E-state index is 0.0726. The number of amides is 1. The highest BCUT2D eigenvalue weighted by atomic mass is 35.5. The Hall–Kier alpha value is -3.95. The summed E-state index contributed by atoms with van der Waals surface area (Å²) in [5.41, 5.74) is 2.69. The van der Waals surface area contributed by atoms with Gasteiger partial charge in [0.1, 0.15) is 10.5 Å². The SMILES string of the molecule is O=C(NCc1ccc(S(=O)(=O)c2cnn(-c3cccc(Cl)c3)c2)cc1)c1ccc2nccn2c1. The van der Waals surface area contributed by atoms with Gasteiger partial charge in [0, 0.05) is 36.4 Å². The van der Waals surface area contributed by atoms with Gasteiger partial charge in [-0.05, 0) is 48.0 Å². The van der Waals surface area contributed by atoms with Crippen LogP contribution in [0.1, 0.15) is 15.9 Å². The molecule has 0 saturated heterocycles. The van der Waals surface area contributed by atoms with Crippen LogP contribution in [0.5, 0.6) is 0 Å². The van der Waals surface area contributed by atoms with E-state index in [4.69, 9.17) is 11.6 Å². The average molecular weight is 492 g/mol. The van der Waals surface area contributed by atoms with Crippen molar-refractivity contribution >= 4 is 33.0 Å². The number of carbonyl (C=O) groups excluding carboxylic acids is 1. The highest BCUT2D eigenvalue weighted by molar-refractivity contribution is 7.91. The van der Waals surface area contributed by atoms with Gasteiger partial charge in [-0.1, -0.05) is 29.8 Å². The van der Waals surface area contributed by atoms with Crippen LogP contribution >= 0.6 is 11.6 Å². The molecule has 5 aromatic rings. The second kappa shape index (κ2) is 8.77. The summed E-state index contributed by atoms with van der Waals surface area (Å²) in [6.07, 6.45) is 7.89. The lowest BCUT2D eigenvalue weighted by atomic mass is 10.2. The van der Waals surface area contributed by atoms with Crippen LogP contribution in [0.4, 0.5) is 0 Å². The van der Waals surface area contributed by atoms with Gasteiger partial charge in [-0.25, -0.2) is 18.1 Å². The van der Waals surface area contributed by atoms with Gasteiger partial charge in [-0.2, -0.15) is 5.10 Å². The number of pyridine rings is 1. The Bertz CT molecular complexity index is 1610. The van der Waals surface area contributed by atoms with E-state index in [0.29, 0.717) is 16.3 Å². The maximum absolute atomic E-state index is 13.0. The van der Waals surface area contributed by atoms with E-state index in [0.717, 1.165) is 11.2 Å². The number of fused-ring (bicyclic) bond motifs is 1. The predicted octanol–water partition coefficient (Wildman–Crippen LogP) is 3.94. The summed E-state index contributed by atoms with van der Waals surface area (Å²) < 4.78 is 29.3. The van der Waals surface area contributed by atoms with Crippen LogP contribution in [-0.4, -0.2) is 33.5 Å². The van der Waals surface area contributed by atoms with E-state index in [-0.39, 0.29) is 22.2 Å². The van der Waals surface area contributed by atoms with Gasteiger partial charge in [0.25, 0.3) is 5.91 Å². The normalized spacial score (nSPS) is 11.6. The predicted molar refractivity (Wildman–Crippen MR) is 127 cm³/mol. The fourth-order valence-corrected chi connectivity index (χ4v) is 4.84. The Morgan fingerprint density at radius 1 is 1.00 bits per heavy atom. The molecule has 1 N–H and O–H groups in total. The molecule has 0 aliphatic rings. The third-order valence-corrected chi connectivity index (χ3v) is 7.24. The van der Waals surface area contributed by atoms with E-state index < -0.39 is 9.84 Å². The first-order valence-corrected chi connectivity index (χ1v) is 12.1. The maximum atomic E-state index is 13.0. The molecular weight excluding hydrogens is 474 g/mol. The number of rotatable bonds is 6. The van der Waals surface area contributed by atoms with Gasteiger partial charge >= 0.3 is 0 Å². The zero-order valence-electron chi connectivity index (χ0n) is 17.7. The first-order chi connectivity index (χ1) is 16.4. The number of imidazole rings is 1. The van der Waals surface area contributed by atoms with Crippen molar-refractivity contribution in [3.8, 4) is 5.69 Å². The van der Waals surface area contributed by atoms with Gasteiger partial charge in [0.05, 0.1) is 22.3 Å². The summed E-state index contributed by atoms with van der Waals surface area (Å²) in [6, 6.07) is 16.8. The molecule has 5 rings (SSSR count). The fourth-order valence-electron chi connectivity index (χ4n) is 3.47. The molecule has 0 aliphatic heterocycles. The first-order valence-electron chi connectivity index (χ1n) is 10.3. The zero-order chi connectivity index (χ0) is 23.7. The van der Waals surface area contributed by atoms with Crippen LogP contribution in [0.3, 0.4) is 0 Å². The van der Waals surface area contributed by atoms with Gasteiger partial charge in [-0.3, -0.25) is 4.79 Å². The summed E-state index contributed by atoms with van der Waals surface area (Å²) in [6.45, 7) is 0.258. The Morgan fingerprint density at radius 3 is 2.62 bits per heavy atom. The van der Waals surface area contributed by atoms with Crippen LogP contribution in [0, 0.1) is 0 Å². The molecule has 0 aliphatic carbocycles. The van der Waals surface area contributed by atoms with Crippen molar-refractivity contribution in [1.82, 2.24) is 24.5 Å². The number of nitrogens with zero attached hydrogens (tertiary/aromatic N) is 4.